The quantitative estimate of drug-likeness (QED) is 0.783. The van der Waals surface area contributed by atoms with Gasteiger partial charge in [-0.25, -0.2) is 0 Å². The fourth-order valence-electron chi connectivity index (χ4n) is 1.80. The molecule has 0 bridgehead atoms. The molecule has 0 aliphatic carbocycles. The lowest BCUT2D eigenvalue weighted by Crippen LogP contribution is -1.98. The fraction of sp³-hybridized carbons (Fsp3) is 0.364. The summed E-state index contributed by atoms with van der Waals surface area (Å²) in [4.78, 5) is 2.01. The average molecular weight is 279 g/mol. The number of anilines is 1. The molecule has 3 heterocycles. The minimum absolute atomic E-state index is 0.302. The van der Waals surface area contributed by atoms with Crippen molar-refractivity contribution in [1.29, 1.82) is 0 Å². The molecule has 3 aromatic heterocycles. The Bertz CT molecular complexity index is 706. The van der Waals surface area contributed by atoms with Gasteiger partial charge in [-0.05, 0) is 13.0 Å². The molecular weight excluding hydrogens is 266 g/mol. The molecular formula is C11H13N5S2. The second-order valence-corrected chi connectivity index (χ2v) is 6.69. The summed E-state index contributed by atoms with van der Waals surface area (Å²) in [7, 11) is 0. The fourth-order valence-corrected chi connectivity index (χ4v) is 3.53. The lowest BCUT2D eigenvalue weighted by molar-refractivity contribution is 0.727. The second kappa shape index (κ2) is 4.03. The van der Waals surface area contributed by atoms with Crippen LogP contribution in [-0.2, 0) is 0 Å². The molecule has 7 heteroatoms. The monoisotopic (exact) mass is 279 g/mol. The summed E-state index contributed by atoms with van der Waals surface area (Å²) in [5.74, 6) is 1.19. The Hall–Kier alpha value is -1.47. The van der Waals surface area contributed by atoms with Gasteiger partial charge in [0.15, 0.2) is 10.8 Å². The van der Waals surface area contributed by atoms with Gasteiger partial charge in [0.25, 0.3) is 0 Å². The number of thiophene rings is 1. The summed E-state index contributed by atoms with van der Waals surface area (Å²) in [6.45, 7) is 6.21. The minimum atomic E-state index is 0.302. The van der Waals surface area contributed by atoms with E-state index in [2.05, 4.69) is 35.2 Å². The third-order valence-electron chi connectivity index (χ3n) is 2.65. The number of nitrogens with two attached hydrogens (primary N) is 1. The molecule has 94 valence electrons. The molecule has 5 nitrogen and oxygen atoms in total. The average Bonchev–Trinajstić information content (AvgIpc) is 2.90. The predicted molar refractivity (Wildman–Crippen MR) is 75.2 cm³/mol. The lowest BCUT2D eigenvalue weighted by Gasteiger charge is -1.97. The van der Waals surface area contributed by atoms with Crippen molar-refractivity contribution in [3.63, 3.8) is 0 Å². The van der Waals surface area contributed by atoms with Crippen LogP contribution >= 0.6 is 22.7 Å². The SMILES string of the molecule is Cc1cc(-c2nn3c(C(C)C)nnc3s2)c(N)s1. The number of hydrogen-bond donors (Lipinski definition) is 1. The summed E-state index contributed by atoms with van der Waals surface area (Å²) >= 11 is 3.11. The molecule has 0 radical (unpaired) electrons. The zero-order valence-corrected chi connectivity index (χ0v) is 12.0. The summed E-state index contributed by atoms with van der Waals surface area (Å²) < 4.78 is 1.82. The molecule has 0 saturated carbocycles. The Morgan fingerprint density at radius 3 is 2.67 bits per heavy atom. The molecule has 0 amide bonds. The van der Waals surface area contributed by atoms with E-state index in [-0.39, 0.29) is 0 Å². The van der Waals surface area contributed by atoms with Crippen LogP contribution in [0.2, 0.25) is 0 Å². The zero-order chi connectivity index (χ0) is 12.9. The predicted octanol–water partition coefficient (Wildman–Crippen LogP) is 2.93. The highest BCUT2D eigenvalue weighted by molar-refractivity contribution is 7.21. The van der Waals surface area contributed by atoms with Crippen molar-refractivity contribution in [2.24, 2.45) is 0 Å². The van der Waals surface area contributed by atoms with Gasteiger partial charge in [-0.3, -0.25) is 0 Å². The summed E-state index contributed by atoms with van der Waals surface area (Å²) in [5.41, 5.74) is 7.00. The lowest BCUT2D eigenvalue weighted by atomic mass is 10.2. The van der Waals surface area contributed by atoms with E-state index in [0.29, 0.717) is 5.92 Å². The van der Waals surface area contributed by atoms with Crippen LogP contribution in [0.3, 0.4) is 0 Å². The van der Waals surface area contributed by atoms with Crippen molar-refractivity contribution in [3.8, 4) is 10.6 Å². The number of hydrogen-bond acceptors (Lipinski definition) is 6. The maximum atomic E-state index is 6.00. The van der Waals surface area contributed by atoms with Gasteiger partial charge in [-0.1, -0.05) is 25.2 Å². The first-order valence-corrected chi connectivity index (χ1v) is 7.28. The Morgan fingerprint density at radius 2 is 2.06 bits per heavy atom. The number of nitrogen functional groups attached to an aromatic ring is 1. The molecule has 2 N–H and O–H groups in total. The summed E-state index contributed by atoms with van der Waals surface area (Å²) in [5, 5.41) is 14.6. The van der Waals surface area contributed by atoms with Crippen molar-refractivity contribution in [2.75, 3.05) is 5.73 Å². The summed E-state index contributed by atoms with van der Waals surface area (Å²) in [6, 6.07) is 2.07. The highest BCUT2D eigenvalue weighted by Gasteiger charge is 2.17. The number of fused-ring (bicyclic) bond motifs is 1. The first-order chi connectivity index (χ1) is 8.56. The standard InChI is InChI=1S/C11H13N5S2/c1-5(2)9-13-14-11-16(9)15-10(18-11)7-4-6(3)17-8(7)12/h4-5H,12H2,1-3H3. The van der Waals surface area contributed by atoms with Crippen molar-refractivity contribution in [3.05, 3.63) is 16.8 Å². The van der Waals surface area contributed by atoms with Crippen LogP contribution in [-0.4, -0.2) is 19.8 Å². The highest BCUT2D eigenvalue weighted by Crippen LogP contribution is 2.36. The summed E-state index contributed by atoms with van der Waals surface area (Å²) in [6.07, 6.45) is 0. The number of rotatable bonds is 2. The van der Waals surface area contributed by atoms with Gasteiger partial charge in [0.05, 0.1) is 5.00 Å². The van der Waals surface area contributed by atoms with Crippen LogP contribution in [0.1, 0.15) is 30.5 Å². The van der Waals surface area contributed by atoms with Gasteiger partial charge in [-0.2, -0.15) is 9.61 Å². The molecule has 3 rings (SSSR count). The molecule has 0 aromatic carbocycles. The molecule has 0 spiro atoms. The van der Waals surface area contributed by atoms with Gasteiger partial charge in [-0.15, -0.1) is 21.5 Å². The molecule has 0 unspecified atom stereocenters. The van der Waals surface area contributed by atoms with E-state index < -0.39 is 0 Å². The minimum Gasteiger partial charge on any atom is -0.390 e. The Kier molecular flexibility index (Phi) is 2.60. The maximum Gasteiger partial charge on any atom is 0.234 e. The normalized spacial score (nSPS) is 11.8. The van der Waals surface area contributed by atoms with Gasteiger partial charge >= 0.3 is 0 Å². The van der Waals surface area contributed by atoms with Crippen LogP contribution in [0.4, 0.5) is 5.00 Å². The van der Waals surface area contributed by atoms with Crippen LogP contribution in [0.5, 0.6) is 0 Å². The van der Waals surface area contributed by atoms with Crippen molar-refractivity contribution in [1.82, 2.24) is 19.8 Å². The highest BCUT2D eigenvalue weighted by atomic mass is 32.1. The molecule has 0 aliphatic rings. The Morgan fingerprint density at radius 1 is 1.28 bits per heavy atom. The van der Waals surface area contributed by atoms with Crippen LogP contribution < -0.4 is 5.73 Å². The molecule has 3 aromatic rings. The third kappa shape index (κ3) is 1.70. The van der Waals surface area contributed by atoms with Crippen molar-refractivity contribution < 1.29 is 0 Å². The van der Waals surface area contributed by atoms with Crippen molar-refractivity contribution in [2.45, 2.75) is 26.7 Å². The van der Waals surface area contributed by atoms with Gasteiger partial charge in [0.1, 0.15) is 0 Å². The first-order valence-electron chi connectivity index (χ1n) is 5.64. The molecule has 0 fully saturated rings. The number of aryl methyl sites for hydroxylation is 1. The zero-order valence-electron chi connectivity index (χ0n) is 10.3. The number of aromatic nitrogens is 4. The topological polar surface area (TPSA) is 69.1 Å². The van der Waals surface area contributed by atoms with E-state index >= 15 is 0 Å². The van der Waals surface area contributed by atoms with Crippen molar-refractivity contribution >= 4 is 32.6 Å². The molecule has 0 saturated heterocycles. The Balaban J connectivity index is 2.17. The van der Waals surface area contributed by atoms with Crippen LogP contribution in [0.25, 0.3) is 15.5 Å². The van der Waals surface area contributed by atoms with E-state index in [1.807, 2.05) is 11.4 Å². The van der Waals surface area contributed by atoms with E-state index in [1.54, 1.807) is 11.3 Å². The molecule has 0 aliphatic heterocycles. The van der Waals surface area contributed by atoms with E-state index in [0.717, 1.165) is 26.4 Å². The van der Waals surface area contributed by atoms with Crippen LogP contribution in [0.15, 0.2) is 6.07 Å². The van der Waals surface area contributed by atoms with Gasteiger partial charge < -0.3 is 5.73 Å². The van der Waals surface area contributed by atoms with Crippen LogP contribution in [0, 0.1) is 6.92 Å². The van der Waals surface area contributed by atoms with E-state index in [9.17, 15) is 0 Å². The number of nitrogens with zero attached hydrogens (tertiary/aromatic N) is 4. The first kappa shape index (κ1) is 11.6. The largest absolute Gasteiger partial charge is 0.390 e. The second-order valence-electron chi connectivity index (χ2n) is 4.45. The maximum absolute atomic E-state index is 6.00. The Labute approximate surface area is 112 Å². The van der Waals surface area contributed by atoms with E-state index in [1.165, 1.54) is 16.2 Å². The van der Waals surface area contributed by atoms with Gasteiger partial charge in [0, 0.05) is 16.4 Å². The van der Waals surface area contributed by atoms with Gasteiger partial charge in [0.2, 0.25) is 4.96 Å². The van der Waals surface area contributed by atoms with E-state index in [4.69, 9.17) is 5.73 Å². The third-order valence-corrected chi connectivity index (χ3v) is 4.46. The molecule has 0 atom stereocenters. The molecule has 18 heavy (non-hydrogen) atoms. The smallest absolute Gasteiger partial charge is 0.234 e.